The topological polar surface area (TPSA) is 85.6 Å². The van der Waals surface area contributed by atoms with Gasteiger partial charge in [-0.1, -0.05) is 0 Å². The van der Waals surface area contributed by atoms with E-state index in [0.717, 1.165) is 13.1 Å². The summed E-state index contributed by atoms with van der Waals surface area (Å²) in [5.41, 5.74) is 0.169. The summed E-state index contributed by atoms with van der Waals surface area (Å²) in [5.74, 6) is -0.482. The van der Waals surface area contributed by atoms with Gasteiger partial charge in [-0.2, -0.15) is 4.98 Å². The summed E-state index contributed by atoms with van der Waals surface area (Å²) in [6.45, 7) is 5.00. The van der Waals surface area contributed by atoms with Crippen LogP contribution < -0.4 is 10.6 Å². The fraction of sp³-hybridized carbons (Fsp3) is 0.636. The molecule has 7 heteroatoms. The van der Waals surface area contributed by atoms with Gasteiger partial charge in [-0.05, 0) is 6.92 Å². The SMILES string of the molecule is CCOC(=O)c1coc(NCC2CNCCO2)n1. The molecule has 0 spiro atoms. The summed E-state index contributed by atoms with van der Waals surface area (Å²) in [6.07, 6.45) is 1.36. The van der Waals surface area contributed by atoms with Crippen LogP contribution in [0.25, 0.3) is 0 Å². The fourth-order valence-electron chi connectivity index (χ4n) is 1.61. The molecule has 0 aromatic carbocycles. The van der Waals surface area contributed by atoms with Gasteiger partial charge in [0.05, 0.1) is 19.3 Å². The predicted molar refractivity (Wildman–Crippen MR) is 63.6 cm³/mol. The van der Waals surface area contributed by atoms with Gasteiger partial charge in [-0.15, -0.1) is 0 Å². The maximum Gasteiger partial charge on any atom is 0.360 e. The Hall–Kier alpha value is -1.60. The highest BCUT2D eigenvalue weighted by Crippen LogP contribution is 2.09. The Kier molecular flexibility index (Phi) is 4.54. The molecular weight excluding hydrogens is 238 g/mol. The van der Waals surface area contributed by atoms with Crippen molar-refractivity contribution in [1.29, 1.82) is 0 Å². The number of nitrogens with zero attached hydrogens (tertiary/aromatic N) is 1. The van der Waals surface area contributed by atoms with Gasteiger partial charge in [0.15, 0.2) is 5.69 Å². The van der Waals surface area contributed by atoms with E-state index >= 15 is 0 Å². The zero-order valence-electron chi connectivity index (χ0n) is 10.3. The third kappa shape index (κ3) is 3.44. The van der Waals surface area contributed by atoms with Gasteiger partial charge >= 0.3 is 5.97 Å². The van der Waals surface area contributed by atoms with E-state index in [1.54, 1.807) is 6.92 Å². The van der Waals surface area contributed by atoms with Crippen LogP contribution >= 0.6 is 0 Å². The molecule has 1 aliphatic heterocycles. The average molecular weight is 255 g/mol. The third-order valence-electron chi connectivity index (χ3n) is 2.47. The van der Waals surface area contributed by atoms with Crippen LogP contribution in [0.1, 0.15) is 17.4 Å². The highest BCUT2D eigenvalue weighted by molar-refractivity contribution is 5.87. The van der Waals surface area contributed by atoms with Gasteiger partial charge in [0, 0.05) is 19.6 Å². The molecule has 1 unspecified atom stereocenters. The first-order valence-electron chi connectivity index (χ1n) is 5.98. The second-order valence-corrected chi connectivity index (χ2v) is 3.84. The minimum atomic E-state index is -0.482. The number of rotatable bonds is 5. The van der Waals surface area contributed by atoms with Crippen LogP contribution in [0.2, 0.25) is 0 Å². The maximum absolute atomic E-state index is 11.4. The molecule has 7 nitrogen and oxygen atoms in total. The third-order valence-corrected chi connectivity index (χ3v) is 2.47. The van der Waals surface area contributed by atoms with Crippen LogP contribution in [-0.4, -0.2) is 49.9 Å². The Morgan fingerprint density at radius 2 is 2.61 bits per heavy atom. The predicted octanol–water partition coefficient (Wildman–Crippen LogP) is 0.252. The lowest BCUT2D eigenvalue weighted by molar-refractivity contribution is 0.0369. The van der Waals surface area contributed by atoms with Gasteiger partial charge in [0.25, 0.3) is 6.01 Å². The van der Waals surface area contributed by atoms with Crippen molar-refractivity contribution >= 4 is 12.0 Å². The number of hydrogen-bond acceptors (Lipinski definition) is 7. The summed E-state index contributed by atoms with van der Waals surface area (Å²) < 4.78 is 15.4. The second kappa shape index (κ2) is 6.36. The Labute approximate surface area is 105 Å². The van der Waals surface area contributed by atoms with Crippen LogP contribution in [0.4, 0.5) is 6.01 Å². The fourth-order valence-corrected chi connectivity index (χ4v) is 1.61. The zero-order chi connectivity index (χ0) is 12.8. The summed E-state index contributed by atoms with van der Waals surface area (Å²) in [7, 11) is 0. The normalized spacial score (nSPS) is 19.5. The summed E-state index contributed by atoms with van der Waals surface area (Å²) in [6, 6.07) is 0.298. The van der Waals surface area contributed by atoms with E-state index < -0.39 is 5.97 Å². The number of carbonyl (C=O) groups excluding carboxylic acids is 1. The first kappa shape index (κ1) is 12.8. The summed E-state index contributed by atoms with van der Waals surface area (Å²) in [4.78, 5) is 15.3. The number of morpholine rings is 1. The van der Waals surface area contributed by atoms with Crippen LogP contribution in [0, 0.1) is 0 Å². The smallest absolute Gasteiger partial charge is 0.360 e. The lowest BCUT2D eigenvalue weighted by Crippen LogP contribution is -2.42. The minimum absolute atomic E-state index is 0.0803. The molecule has 0 amide bonds. The van der Waals surface area contributed by atoms with Crippen molar-refractivity contribution in [3.05, 3.63) is 12.0 Å². The Morgan fingerprint density at radius 3 is 3.33 bits per heavy atom. The molecule has 0 radical (unpaired) electrons. The van der Waals surface area contributed by atoms with Gasteiger partial charge < -0.3 is 24.5 Å². The van der Waals surface area contributed by atoms with E-state index in [4.69, 9.17) is 13.9 Å². The van der Waals surface area contributed by atoms with Crippen molar-refractivity contribution < 1.29 is 18.7 Å². The zero-order valence-corrected chi connectivity index (χ0v) is 10.3. The number of carbonyl (C=O) groups is 1. The van der Waals surface area contributed by atoms with E-state index in [9.17, 15) is 4.79 Å². The molecule has 1 atom stereocenters. The molecule has 100 valence electrons. The Morgan fingerprint density at radius 1 is 1.72 bits per heavy atom. The van der Waals surface area contributed by atoms with Crippen molar-refractivity contribution in [3.63, 3.8) is 0 Å². The van der Waals surface area contributed by atoms with Crippen molar-refractivity contribution in [3.8, 4) is 0 Å². The van der Waals surface area contributed by atoms with Crippen LogP contribution in [-0.2, 0) is 9.47 Å². The summed E-state index contributed by atoms with van der Waals surface area (Å²) in [5, 5.41) is 6.20. The average Bonchev–Trinajstić information content (AvgIpc) is 2.87. The summed E-state index contributed by atoms with van der Waals surface area (Å²) >= 11 is 0. The molecule has 1 saturated heterocycles. The van der Waals surface area contributed by atoms with Gasteiger partial charge in [0.1, 0.15) is 6.26 Å². The molecule has 18 heavy (non-hydrogen) atoms. The van der Waals surface area contributed by atoms with Crippen LogP contribution in [0.15, 0.2) is 10.7 Å². The van der Waals surface area contributed by atoms with Crippen LogP contribution in [0.5, 0.6) is 0 Å². The van der Waals surface area contributed by atoms with Gasteiger partial charge in [-0.25, -0.2) is 4.79 Å². The Balaban J connectivity index is 1.80. The molecule has 1 aromatic heterocycles. The van der Waals surface area contributed by atoms with E-state index in [1.165, 1.54) is 6.26 Å². The van der Waals surface area contributed by atoms with E-state index in [0.29, 0.717) is 25.8 Å². The molecule has 2 rings (SSSR count). The number of anilines is 1. The van der Waals surface area contributed by atoms with E-state index in [-0.39, 0.29) is 11.8 Å². The molecule has 1 aromatic rings. The highest BCUT2D eigenvalue weighted by atomic mass is 16.5. The first-order chi connectivity index (χ1) is 8.79. The molecule has 1 aliphatic rings. The van der Waals surface area contributed by atoms with E-state index in [1.807, 2.05) is 0 Å². The minimum Gasteiger partial charge on any atom is -0.461 e. The van der Waals surface area contributed by atoms with Crippen molar-refractivity contribution in [2.24, 2.45) is 0 Å². The number of aromatic nitrogens is 1. The molecule has 0 saturated carbocycles. The highest BCUT2D eigenvalue weighted by Gasteiger charge is 2.16. The number of oxazole rings is 1. The van der Waals surface area contributed by atoms with Crippen LogP contribution in [0.3, 0.4) is 0 Å². The molecule has 0 aliphatic carbocycles. The second-order valence-electron chi connectivity index (χ2n) is 3.84. The van der Waals surface area contributed by atoms with Gasteiger partial charge in [-0.3, -0.25) is 0 Å². The van der Waals surface area contributed by atoms with Gasteiger partial charge in [0.2, 0.25) is 0 Å². The lowest BCUT2D eigenvalue weighted by Gasteiger charge is -2.23. The maximum atomic E-state index is 11.4. The largest absolute Gasteiger partial charge is 0.461 e. The standard InChI is InChI=1S/C11H17N3O4/c1-2-16-10(15)9-7-18-11(14-9)13-6-8-5-12-3-4-17-8/h7-8,12H,2-6H2,1H3,(H,13,14). The quantitative estimate of drug-likeness (QED) is 0.729. The lowest BCUT2D eigenvalue weighted by atomic mass is 10.3. The number of ether oxygens (including phenoxy) is 2. The number of hydrogen-bond donors (Lipinski definition) is 2. The molecular formula is C11H17N3O4. The monoisotopic (exact) mass is 255 g/mol. The molecule has 2 heterocycles. The van der Waals surface area contributed by atoms with Crippen molar-refractivity contribution in [1.82, 2.24) is 10.3 Å². The van der Waals surface area contributed by atoms with Crippen molar-refractivity contribution in [2.45, 2.75) is 13.0 Å². The molecule has 2 N–H and O–H groups in total. The first-order valence-corrected chi connectivity index (χ1v) is 5.98. The number of nitrogens with one attached hydrogen (secondary N) is 2. The molecule has 1 fully saturated rings. The molecule has 0 bridgehead atoms. The van der Waals surface area contributed by atoms with E-state index in [2.05, 4.69) is 15.6 Å². The number of esters is 1. The Bertz CT molecular complexity index is 387. The van der Waals surface area contributed by atoms with Crippen molar-refractivity contribution in [2.75, 3.05) is 38.2 Å².